The molecule has 0 unspecified atom stereocenters. The van der Waals surface area contributed by atoms with Crippen molar-refractivity contribution in [1.82, 2.24) is 10.3 Å². The number of ether oxygens (including phenoxy) is 2. The molecule has 0 aliphatic carbocycles. The van der Waals surface area contributed by atoms with Crippen molar-refractivity contribution < 1.29 is 18.7 Å². The van der Waals surface area contributed by atoms with Gasteiger partial charge in [0.05, 0.1) is 31.0 Å². The van der Waals surface area contributed by atoms with Gasteiger partial charge in [0.15, 0.2) is 0 Å². The van der Waals surface area contributed by atoms with Crippen molar-refractivity contribution >= 4 is 22.6 Å². The van der Waals surface area contributed by atoms with Crippen LogP contribution in [0.2, 0.25) is 0 Å². The number of pyridine rings is 1. The summed E-state index contributed by atoms with van der Waals surface area (Å²) in [5, 5.41) is 3.67. The first-order chi connectivity index (χ1) is 15.9. The number of nitrogens with one attached hydrogen (secondary N) is 2. The molecule has 0 bridgehead atoms. The van der Waals surface area contributed by atoms with E-state index < -0.39 is 0 Å². The van der Waals surface area contributed by atoms with Gasteiger partial charge in [0, 0.05) is 48.6 Å². The van der Waals surface area contributed by atoms with Crippen LogP contribution in [-0.2, 0) is 11.3 Å². The van der Waals surface area contributed by atoms with Crippen LogP contribution in [0.15, 0.2) is 33.7 Å². The largest absolute Gasteiger partial charge is 0.496 e. The van der Waals surface area contributed by atoms with E-state index in [4.69, 9.17) is 13.9 Å². The minimum absolute atomic E-state index is 0.0537. The third-order valence-electron chi connectivity index (χ3n) is 6.38. The highest BCUT2D eigenvalue weighted by molar-refractivity contribution is 6.09. The molecule has 8 nitrogen and oxygen atoms in total. The van der Waals surface area contributed by atoms with Gasteiger partial charge in [-0.1, -0.05) is 0 Å². The quantitative estimate of drug-likeness (QED) is 0.567. The van der Waals surface area contributed by atoms with Crippen LogP contribution in [0.3, 0.4) is 0 Å². The van der Waals surface area contributed by atoms with Crippen LogP contribution in [0.5, 0.6) is 5.75 Å². The summed E-state index contributed by atoms with van der Waals surface area (Å²) < 4.78 is 16.6. The Balaban J connectivity index is 1.69. The third-order valence-corrected chi connectivity index (χ3v) is 6.38. The van der Waals surface area contributed by atoms with Gasteiger partial charge in [-0.3, -0.25) is 9.59 Å². The Morgan fingerprint density at radius 1 is 1.27 bits per heavy atom. The number of hydrogen-bond donors (Lipinski definition) is 2. The molecular weight excluding hydrogens is 422 g/mol. The molecule has 8 heteroatoms. The van der Waals surface area contributed by atoms with Crippen molar-refractivity contribution in [2.45, 2.75) is 46.2 Å². The van der Waals surface area contributed by atoms with Crippen LogP contribution >= 0.6 is 0 Å². The molecule has 0 atom stereocenters. The zero-order valence-corrected chi connectivity index (χ0v) is 19.6. The Morgan fingerprint density at radius 3 is 2.73 bits per heavy atom. The first-order valence-electron chi connectivity index (χ1n) is 11.3. The van der Waals surface area contributed by atoms with E-state index in [0.717, 1.165) is 49.2 Å². The van der Waals surface area contributed by atoms with E-state index in [1.807, 2.05) is 19.1 Å². The summed E-state index contributed by atoms with van der Waals surface area (Å²) in [5.74, 6) is 0.193. The number of aromatic amines is 1. The van der Waals surface area contributed by atoms with E-state index in [1.54, 1.807) is 19.3 Å². The SMILES string of the molecule is CCN(c1cc2occc2c(C(=O)NCc2c(OC)cc(C)[nH]c2=O)c1C)C1CCOCC1. The normalized spacial score (nSPS) is 14.4. The molecular formula is C25H31N3O5. The average Bonchev–Trinajstić information content (AvgIpc) is 3.27. The summed E-state index contributed by atoms with van der Waals surface area (Å²) in [7, 11) is 1.51. The van der Waals surface area contributed by atoms with Crippen LogP contribution in [0.25, 0.3) is 11.0 Å². The standard InChI is InChI=1S/C25H31N3O5/c1-5-28(17-6-9-32-10-7-17)20-13-22-18(8-11-33-22)23(16(20)3)25(30)26-14-19-21(31-4)12-15(2)27-24(19)29/h8,11-13,17H,5-7,9-10,14H2,1-4H3,(H,26,30)(H,27,29). The van der Waals surface area contributed by atoms with E-state index in [2.05, 4.69) is 22.1 Å². The summed E-state index contributed by atoms with van der Waals surface area (Å²) in [6, 6.07) is 5.93. The summed E-state index contributed by atoms with van der Waals surface area (Å²) in [6.45, 7) is 8.23. The second kappa shape index (κ2) is 9.70. The number of carbonyl (C=O) groups excluding carboxylic acids is 1. The molecule has 33 heavy (non-hydrogen) atoms. The minimum Gasteiger partial charge on any atom is -0.496 e. The summed E-state index contributed by atoms with van der Waals surface area (Å²) in [5.41, 5.74) is 3.90. The zero-order chi connectivity index (χ0) is 23.5. The molecule has 1 aliphatic rings. The number of methoxy groups -OCH3 is 1. The smallest absolute Gasteiger partial charge is 0.256 e. The second-order valence-corrected chi connectivity index (χ2v) is 8.37. The van der Waals surface area contributed by atoms with Crippen molar-refractivity contribution in [3.63, 3.8) is 0 Å². The Labute approximate surface area is 192 Å². The lowest BCUT2D eigenvalue weighted by Gasteiger charge is -2.36. The van der Waals surface area contributed by atoms with E-state index in [-0.39, 0.29) is 18.0 Å². The molecule has 0 radical (unpaired) electrons. The van der Waals surface area contributed by atoms with Gasteiger partial charge in [-0.25, -0.2) is 0 Å². The Morgan fingerprint density at radius 2 is 2.03 bits per heavy atom. The predicted molar refractivity (Wildman–Crippen MR) is 127 cm³/mol. The number of hydrogen-bond acceptors (Lipinski definition) is 6. The number of amides is 1. The van der Waals surface area contributed by atoms with Gasteiger partial charge in [-0.15, -0.1) is 0 Å². The maximum atomic E-state index is 13.4. The molecule has 1 fully saturated rings. The van der Waals surface area contributed by atoms with Crippen LogP contribution in [0, 0.1) is 13.8 Å². The topological polar surface area (TPSA) is 96.8 Å². The fourth-order valence-corrected chi connectivity index (χ4v) is 4.71. The lowest BCUT2D eigenvalue weighted by atomic mass is 9.98. The fraction of sp³-hybridized carbons (Fsp3) is 0.440. The van der Waals surface area contributed by atoms with E-state index >= 15 is 0 Å². The number of aromatic nitrogens is 1. The van der Waals surface area contributed by atoms with Gasteiger partial charge >= 0.3 is 0 Å². The molecule has 0 spiro atoms. The summed E-state index contributed by atoms with van der Waals surface area (Å²) >= 11 is 0. The summed E-state index contributed by atoms with van der Waals surface area (Å²) in [6.07, 6.45) is 3.49. The molecule has 1 aromatic carbocycles. The van der Waals surface area contributed by atoms with E-state index in [1.165, 1.54) is 7.11 Å². The minimum atomic E-state index is -0.275. The monoisotopic (exact) mass is 453 g/mol. The molecule has 3 aromatic rings. The highest BCUT2D eigenvalue weighted by Gasteiger charge is 2.26. The number of anilines is 1. The number of furan rings is 1. The van der Waals surface area contributed by atoms with Crippen molar-refractivity contribution in [3.8, 4) is 5.75 Å². The van der Waals surface area contributed by atoms with Crippen LogP contribution < -0.4 is 20.5 Å². The van der Waals surface area contributed by atoms with E-state index in [9.17, 15) is 9.59 Å². The lowest BCUT2D eigenvalue weighted by Crippen LogP contribution is -2.40. The molecule has 1 amide bonds. The number of H-pyrrole nitrogens is 1. The Bertz CT molecular complexity index is 1210. The molecule has 2 aromatic heterocycles. The molecule has 4 rings (SSSR count). The number of nitrogens with zero attached hydrogens (tertiary/aromatic N) is 1. The second-order valence-electron chi connectivity index (χ2n) is 8.37. The average molecular weight is 454 g/mol. The number of carbonyl (C=O) groups is 1. The number of benzene rings is 1. The van der Waals surface area contributed by atoms with Crippen LogP contribution in [0.4, 0.5) is 5.69 Å². The first-order valence-corrected chi connectivity index (χ1v) is 11.3. The lowest BCUT2D eigenvalue weighted by molar-refractivity contribution is 0.0846. The third kappa shape index (κ3) is 4.48. The number of rotatable bonds is 7. The molecule has 3 heterocycles. The van der Waals surface area contributed by atoms with Gasteiger partial charge < -0.3 is 29.1 Å². The van der Waals surface area contributed by atoms with Crippen LogP contribution in [-0.4, -0.2) is 43.8 Å². The highest BCUT2D eigenvalue weighted by atomic mass is 16.5. The van der Waals surface area contributed by atoms with E-state index in [0.29, 0.717) is 34.2 Å². The molecule has 1 aliphatic heterocycles. The van der Waals surface area contributed by atoms with Crippen molar-refractivity contribution in [2.24, 2.45) is 0 Å². The van der Waals surface area contributed by atoms with Crippen molar-refractivity contribution in [2.75, 3.05) is 31.8 Å². The van der Waals surface area contributed by atoms with Crippen molar-refractivity contribution in [3.05, 3.63) is 57.2 Å². The first kappa shape index (κ1) is 22.9. The highest BCUT2D eigenvalue weighted by Crippen LogP contribution is 2.34. The maximum Gasteiger partial charge on any atom is 0.256 e. The number of aryl methyl sites for hydroxylation is 1. The van der Waals surface area contributed by atoms with Gasteiger partial charge in [-0.05, 0) is 51.3 Å². The molecule has 0 saturated carbocycles. The van der Waals surface area contributed by atoms with Gasteiger partial charge in [-0.2, -0.15) is 0 Å². The maximum absolute atomic E-state index is 13.4. The molecule has 2 N–H and O–H groups in total. The van der Waals surface area contributed by atoms with Gasteiger partial charge in [0.25, 0.3) is 11.5 Å². The Kier molecular flexibility index (Phi) is 6.74. The summed E-state index contributed by atoms with van der Waals surface area (Å²) in [4.78, 5) is 31.0. The predicted octanol–water partition coefficient (Wildman–Crippen LogP) is 3.68. The van der Waals surface area contributed by atoms with Gasteiger partial charge in [0.1, 0.15) is 11.3 Å². The molecule has 1 saturated heterocycles. The van der Waals surface area contributed by atoms with Crippen LogP contribution in [0.1, 0.15) is 46.9 Å². The molecule has 176 valence electrons. The zero-order valence-electron chi connectivity index (χ0n) is 19.6. The van der Waals surface area contributed by atoms with Crippen molar-refractivity contribution in [1.29, 1.82) is 0 Å². The number of fused-ring (bicyclic) bond motifs is 1. The van der Waals surface area contributed by atoms with Gasteiger partial charge in [0.2, 0.25) is 0 Å². The Hall–Kier alpha value is -3.26. The fourth-order valence-electron chi connectivity index (χ4n) is 4.71.